The Balaban J connectivity index is 3.29. The number of hydrogen-bond acceptors (Lipinski definition) is 2. The van der Waals surface area contributed by atoms with Crippen molar-refractivity contribution in [3.8, 4) is 5.75 Å². The zero-order chi connectivity index (χ0) is 12.3. The molecule has 1 aromatic carbocycles. The first-order valence-corrected chi connectivity index (χ1v) is 5.99. The fourth-order valence-corrected chi connectivity index (χ4v) is 2.18. The van der Waals surface area contributed by atoms with Crippen LogP contribution in [0.15, 0.2) is 6.07 Å². The van der Waals surface area contributed by atoms with Crippen LogP contribution in [0.3, 0.4) is 0 Å². The van der Waals surface area contributed by atoms with Crippen LogP contribution in [0.5, 0.6) is 5.75 Å². The van der Waals surface area contributed by atoms with Gasteiger partial charge in [-0.25, -0.2) is 0 Å². The minimum atomic E-state index is -0.00181. The molecule has 1 atom stereocenters. The second-order valence-corrected chi connectivity index (χ2v) is 4.52. The van der Waals surface area contributed by atoms with Crippen molar-refractivity contribution in [1.82, 2.24) is 0 Å². The summed E-state index contributed by atoms with van der Waals surface area (Å²) in [5.41, 5.74) is 9.28. The molecule has 0 spiro atoms. The molecular weight excluding hydrogens is 222 g/mol. The van der Waals surface area contributed by atoms with Gasteiger partial charge < -0.3 is 10.5 Å². The summed E-state index contributed by atoms with van der Waals surface area (Å²) in [5.74, 6) is 0.848. The molecule has 1 unspecified atom stereocenters. The predicted molar refractivity (Wildman–Crippen MR) is 69.3 cm³/mol. The number of rotatable bonds is 4. The smallest absolute Gasteiger partial charge is 0.124 e. The van der Waals surface area contributed by atoms with Crippen LogP contribution in [0.25, 0.3) is 0 Å². The van der Waals surface area contributed by atoms with Crippen molar-refractivity contribution in [3.05, 3.63) is 27.8 Å². The van der Waals surface area contributed by atoms with Crippen LogP contribution >= 0.6 is 11.6 Å². The molecule has 0 aliphatic heterocycles. The molecular formula is C13H20ClNO. The molecule has 0 amide bonds. The molecule has 0 saturated carbocycles. The van der Waals surface area contributed by atoms with Gasteiger partial charge in [0.05, 0.1) is 7.11 Å². The van der Waals surface area contributed by atoms with Gasteiger partial charge in [0.25, 0.3) is 0 Å². The number of methoxy groups -OCH3 is 1. The van der Waals surface area contributed by atoms with E-state index in [1.54, 1.807) is 7.11 Å². The molecule has 2 N–H and O–H groups in total. The quantitative estimate of drug-likeness (QED) is 0.871. The first kappa shape index (κ1) is 13.3. The summed E-state index contributed by atoms with van der Waals surface area (Å²) in [6.45, 7) is 6.10. The fraction of sp³-hybridized carbons (Fsp3) is 0.538. The first-order valence-electron chi connectivity index (χ1n) is 5.62. The largest absolute Gasteiger partial charge is 0.496 e. The summed E-state index contributed by atoms with van der Waals surface area (Å²) >= 11 is 6.24. The Morgan fingerprint density at radius 2 is 2.06 bits per heavy atom. The molecule has 2 nitrogen and oxygen atoms in total. The van der Waals surface area contributed by atoms with E-state index in [0.29, 0.717) is 0 Å². The Labute approximate surface area is 103 Å². The average molecular weight is 242 g/mol. The number of hydrogen-bond donors (Lipinski definition) is 1. The van der Waals surface area contributed by atoms with Crippen molar-refractivity contribution in [1.29, 1.82) is 0 Å². The van der Waals surface area contributed by atoms with Gasteiger partial charge in [-0.05, 0) is 37.5 Å². The van der Waals surface area contributed by atoms with E-state index in [-0.39, 0.29) is 6.04 Å². The van der Waals surface area contributed by atoms with Crippen LogP contribution in [0.4, 0.5) is 0 Å². The third-order valence-electron chi connectivity index (χ3n) is 2.88. The Morgan fingerprint density at radius 3 is 2.56 bits per heavy atom. The number of benzene rings is 1. The number of ether oxygens (including phenoxy) is 1. The maximum Gasteiger partial charge on any atom is 0.124 e. The molecule has 0 aromatic heterocycles. The van der Waals surface area contributed by atoms with E-state index in [9.17, 15) is 0 Å². The van der Waals surface area contributed by atoms with E-state index in [0.717, 1.165) is 40.3 Å². The molecule has 0 saturated heterocycles. The second-order valence-electron chi connectivity index (χ2n) is 4.14. The molecule has 0 aliphatic carbocycles. The summed E-state index contributed by atoms with van der Waals surface area (Å²) in [4.78, 5) is 0. The van der Waals surface area contributed by atoms with Crippen LogP contribution in [-0.4, -0.2) is 7.11 Å². The van der Waals surface area contributed by atoms with E-state index in [4.69, 9.17) is 22.1 Å². The van der Waals surface area contributed by atoms with E-state index < -0.39 is 0 Å². The molecule has 1 rings (SSSR count). The predicted octanol–water partition coefficient (Wildman–Crippen LogP) is 3.77. The Bertz CT molecular complexity index is 377. The van der Waals surface area contributed by atoms with Crippen LogP contribution in [0, 0.1) is 13.8 Å². The minimum Gasteiger partial charge on any atom is -0.496 e. The van der Waals surface area contributed by atoms with Crippen molar-refractivity contribution in [2.75, 3.05) is 7.11 Å². The topological polar surface area (TPSA) is 35.2 Å². The minimum absolute atomic E-state index is 0.00181. The first-order chi connectivity index (χ1) is 7.52. The van der Waals surface area contributed by atoms with Crippen molar-refractivity contribution >= 4 is 11.6 Å². The highest BCUT2D eigenvalue weighted by Gasteiger charge is 2.17. The second kappa shape index (κ2) is 5.55. The molecule has 1 aromatic rings. The molecule has 3 heteroatoms. The summed E-state index contributed by atoms with van der Waals surface area (Å²) in [6.07, 6.45) is 1.99. The van der Waals surface area contributed by atoms with Gasteiger partial charge in [0.2, 0.25) is 0 Å². The van der Waals surface area contributed by atoms with Crippen molar-refractivity contribution in [3.63, 3.8) is 0 Å². The lowest BCUT2D eigenvalue weighted by Gasteiger charge is -2.20. The van der Waals surface area contributed by atoms with Gasteiger partial charge in [-0.15, -0.1) is 0 Å². The third kappa shape index (κ3) is 2.50. The van der Waals surface area contributed by atoms with Crippen LogP contribution in [0.1, 0.15) is 42.5 Å². The van der Waals surface area contributed by atoms with E-state index in [2.05, 4.69) is 6.92 Å². The molecule has 0 fully saturated rings. The van der Waals surface area contributed by atoms with Crippen LogP contribution in [-0.2, 0) is 0 Å². The summed E-state index contributed by atoms with van der Waals surface area (Å²) < 4.78 is 5.39. The molecule has 0 heterocycles. The van der Waals surface area contributed by atoms with Gasteiger partial charge in [-0.3, -0.25) is 0 Å². The number of halogens is 1. The summed E-state index contributed by atoms with van der Waals surface area (Å²) in [6, 6.07) is 1.96. The SMILES string of the molecule is CCCC(N)c1c(OC)cc(C)c(Cl)c1C. The molecule has 16 heavy (non-hydrogen) atoms. The lowest BCUT2D eigenvalue weighted by atomic mass is 9.95. The zero-order valence-corrected chi connectivity index (χ0v) is 11.2. The van der Waals surface area contributed by atoms with Crippen molar-refractivity contribution < 1.29 is 4.74 Å². The van der Waals surface area contributed by atoms with Crippen molar-refractivity contribution in [2.45, 2.75) is 39.7 Å². The molecule has 0 aliphatic rings. The Morgan fingerprint density at radius 1 is 1.44 bits per heavy atom. The Hall–Kier alpha value is -0.730. The third-order valence-corrected chi connectivity index (χ3v) is 3.46. The monoisotopic (exact) mass is 241 g/mol. The molecule has 0 radical (unpaired) electrons. The highest BCUT2D eigenvalue weighted by atomic mass is 35.5. The average Bonchev–Trinajstić information content (AvgIpc) is 2.25. The lowest BCUT2D eigenvalue weighted by molar-refractivity contribution is 0.403. The summed E-state index contributed by atoms with van der Waals surface area (Å²) in [7, 11) is 1.67. The van der Waals surface area contributed by atoms with Gasteiger partial charge in [0.1, 0.15) is 5.75 Å². The van der Waals surface area contributed by atoms with Gasteiger partial charge in [0.15, 0.2) is 0 Å². The van der Waals surface area contributed by atoms with Crippen molar-refractivity contribution in [2.24, 2.45) is 5.73 Å². The summed E-state index contributed by atoms with van der Waals surface area (Å²) in [5, 5.41) is 0.794. The lowest BCUT2D eigenvalue weighted by Crippen LogP contribution is -2.13. The number of aryl methyl sites for hydroxylation is 1. The van der Waals surface area contributed by atoms with E-state index >= 15 is 0 Å². The van der Waals surface area contributed by atoms with Crippen LogP contribution in [0.2, 0.25) is 5.02 Å². The van der Waals surface area contributed by atoms with Gasteiger partial charge in [-0.2, -0.15) is 0 Å². The normalized spacial score (nSPS) is 12.6. The molecule has 0 bridgehead atoms. The fourth-order valence-electron chi connectivity index (χ4n) is 2.02. The highest BCUT2D eigenvalue weighted by Crippen LogP contribution is 2.36. The van der Waals surface area contributed by atoms with Gasteiger partial charge in [0, 0.05) is 16.6 Å². The van der Waals surface area contributed by atoms with E-state index in [1.165, 1.54) is 0 Å². The maximum atomic E-state index is 6.24. The Kier molecular flexibility index (Phi) is 4.63. The van der Waals surface area contributed by atoms with Gasteiger partial charge in [-0.1, -0.05) is 24.9 Å². The standard InChI is InChI=1S/C13H20ClNO/c1-5-6-10(15)12-9(3)13(14)8(2)7-11(12)16-4/h7,10H,5-6,15H2,1-4H3. The number of nitrogens with two attached hydrogens (primary N) is 1. The van der Waals surface area contributed by atoms with Gasteiger partial charge >= 0.3 is 0 Å². The zero-order valence-electron chi connectivity index (χ0n) is 10.4. The van der Waals surface area contributed by atoms with Crippen LogP contribution < -0.4 is 10.5 Å². The highest BCUT2D eigenvalue weighted by molar-refractivity contribution is 6.32. The maximum absolute atomic E-state index is 6.24. The molecule has 90 valence electrons. The van der Waals surface area contributed by atoms with E-state index in [1.807, 2.05) is 19.9 Å².